The van der Waals surface area contributed by atoms with Crippen molar-refractivity contribution >= 4 is 33.3 Å². The molecule has 1 aliphatic carbocycles. The van der Waals surface area contributed by atoms with Gasteiger partial charge in [-0.2, -0.15) is 0 Å². The molecule has 4 rings (SSSR count). The molecule has 3 N–H and O–H groups in total. The van der Waals surface area contributed by atoms with Crippen molar-refractivity contribution in [3.63, 3.8) is 0 Å². The lowest BCUT2D eigenvalue weighted by atomic mass is 9.65. The van der Waals surface area contributed by atoms with Crippen molar-refractivity contribution < 1.29 is 27.9 Å². The first-order valence-corrected chi connectivity index (χ1v) is 10.2. The second-order valence-electron chi connectivity index (χ2n) is 6.90. The molecule has 0 radical (unpaired) electrons. The predicted molar refractivity (Wildman–Crippen MR) is 101 cm³/mol. The monoisotopic (exact) mass is 402 g/mol. The van der Waals surface area contributed by atoms with Gasteiger partial charge in [-0.15, -0.1) is 0 Å². The minimum absolute atomic E-state index is 0.0672. The standard InChI is InChI=1S/C19H18N2O6S/c1-27-14-5-2-3-6-15(14)28(25,26)21-11-9-12(17(22)23)16-13(10-11)19(7-4-8-19)18(24)20-16/h2-3,5-6,9-10,21H,4,7-8H2,1H3,(H,20,24)(H,22,23). The maximum Gasteiger partial charge on any atom is 0.337 e. The molecule has 0 aromatic heterocycles. The Morgan fingerprint density at radius 1 is 1.25 bits per heavy atom. The van der Waals surface area contributed by atoms with Gasteiger partial charge in [0.05, 0.1) is 29.5 Å². The van der Waals surface area contributed by atoms with E-state index in [1.54, 1.807) is 18.2 Å². The predicted octanol–water partition coefficient (Wildman–Crippen LogP) is 2.57. The Labute approximate surface area is 161 Å². The van der Waals surface area contributed by atoms with Crippen LogP contribution in [0.15, 0.2) is 41.3 Å². The number of carboxylic acid groups (broad SMARTS) is 1. The number of amides is 1. The summed E-state index contributed by atoms with van der Waals surface area (Å²) in [5.74, 6) is -1.31. The summed E-state index contributed by atoms with van der Waals surface area (Å²) < 4.78 is 33.2. The van der Waals surface area contributed by atoms with Crippen molar-refractivity contribution in [2.45, 2.75) is 29.6 Å². The molecule has 1 aliphatic heterocycles. The van der Waals surface area contributed by atoms with Crippen LogP contribution in [0.25, 0.3) is 0 Å². The summed E-state index contributed by atoms with van der Waals surface area (Å²) in [5.41, 5.74) is -0.0539. The molecule has 1 heterocycles. The molecule has 0 unspecified atom stereocenters. The van der Waals surface area contributed by atoms with E-state index in [4.69, 9.17) is 4.74 Å². The highest BCUT2D eigenvalue weighted by Gasteiger charge is 2.52. The SMILES string of the molecule is COc1ccccc1S(=O)(=O)Nc1cc(C(=O)O)c2c(c1)C1(CCC1)C(=O)N2. The number of carbonyl (C=O) groups excluding carboxylic acids is 1. The van der Waals surface area contributed by atoms with Crippen molar-refractivity contribution in [1.82, 2.24) is 0 Å². The highest BCUT2D eigenvalue weighted by atomic mass is 32.2. The average molecular weight is 402 g/mol. The molecule has 0 bridgehead atoms. The van der Waals surface area contributed by atoms with E-state index >= 15 is 0 Å². The third-order valence-corrected chi connectivity index (χ3v) is 6.80. The molecule has 8 nitrogen and oxygen atoms in total. The van der Waals surface area contributed by atoms with Gasteiger partial charge in [-0.1, -0.05) is 18.6 Å². The molecule has 1 amide bonds. The van der Waals surface area contributed by atoms with Crippen molar-refractivity contribution in [3.8, 4) is 5.75 Å². The zero-order chi connectivity index (χ0) is 20.1. The lowest BCUT2D eigenvalue weighted by molar-refractivity contribution is -0.123. The van der Waals surface area contributed by atoms with Crippen molar-refractivity contribution in [2.75, 3.05) is 17.1 Å². The van der Waals surface area contributed by atoms with Gasteiger partial charge in [0, 0.05) is 0 Å². The Hall–Kier alpha value is -3.07. The number of benzene rings is 2. The van der Waals surface area contributed by atoms with Gasteiger partial charge in [0.1, 0.15) is 10.6 Å². The van der Waals surface area contributed by atoms with Crippen molar-refractivity contribution in [2.24, 2.45) is 0 Å². The summed E-state index contributed by atoms with van der Waals surface area (Å²) in [5, 5.41) is 12.2. The van der Waals surface area contributed by atoms with Crippen LogP contribution in [-0.4, -0.2) is 32.5 Å². The minimum Gasteiger partial charge on any atom is -0.495 e. The van der Waals surface area contributed by atoms with E-state index in [0.29, 0.717) is 18.4 Å². The maximum atomic E-state index is 12.9. The van der Waals surface area contributed by atoms with Gasteiger partial charge >= 0.3 is 5.97 Å². The Kier molecular flexibility index (Phi) is 4.07. The number of hydrogen-bond acceptors (Lipinski definition) is 5. The van der Waals surface area contributed by atoms with Crippen LogP contribution in [0.4, 0.5) is 11.4 Å². The number of ether oxygens (including phenoxy) is 1. The average Bonchev–Trinajstić information content (AvgIpc) is 2.92. The van der Waals surface area contributed by atoms with E-state index in [0.717, 1.165) is 6.42 Å². The number of sulfonamides is 1. The molecule has 28 heavy (non-hydrogen) atoms. The number of carbonyl (C=O) groups is 2. The largest absolute Gasteiger partial charge is 0.495 e. The van der Waals surface area contributed by atoms with Gasteiger partial charge < -0.3 is 15.2 Å². The van der Waals surface area contributed by atoms with Crippen LogP contribution in [0.3, 0.4) is 0 Å². The van der Waals surface area contributed by atoms with Gasteiger partial charge in [-0.05, 0) is 42.7 Å². The smallest absolute Gasteiger partial charge is 0.337 e. The summed E-state index contributed by atoms with van der Waals surface area (Å²) in [6.45, 7) is 0. The van der Waals surface area contributed by atoms with Crippen molar-refractivity contribution in [3.05, 3.63) is 47.5 Å². The number of para-hydroxylation sites is 1. The first kappa shape index (κ1) is 18.3. The molecule has 146 valence electrons. The highest BCUT2D eigenvalue weighted by molar-refractivity contribution is 7.92. The molecule has 1 spiro atoms. The first-order chi connectivity index (χ1) is 13.3. The van der Waals surface area contributed by atoms with Crippen LogP contribution < -0.4 is 14.8 Å². The molecule has 0 saturated heterocycles. The third-order valence-electron chi connectivity index (χ3n) is 5.38. The Morgan fingerprint density at radius 2 is 1.96 bits per heavy atom. The van der Waals surface area contributed by atoms with E-state index in [1.807, 2.05) is 0 Å². The number of fused-ring (bicyclic) bond motifs is 2. The molecular weight excluding hydrogens is 384 g/mol. The van der Waals surface area contributed by atoms with Crippen LogP contribution in [0.2, 0.25) is 0 Å². The fourth-order valence-corrected chi connectivity index (χ4v) is 5.03. The number of nitrogens with one attached hydrogen (secondary N) is 2. The lowest BCUT2D eigenvalue weighted by Gasteiger charge is -2.36. The zero-order valence-corrected chi connectivity index (χ0v) is 15.8. The summed E-state index contributed by atoms with van der Waals surface area (Å²) in [4.78, 5) is 24.1. The van der Waals surface area contributed by atoms with E-state index < -0.39 is 21.4 Å². The number of rotatable bonds is 5. The molecule has 0 atom stereocenters. The quantitative estimate of drug-likeness (QED) is 0.707. The van der Waals surface area contributed by atoms with Gasteiger partial charge in [0.2, 0.25) is 5.91 Å². The number of methoxy groups -OCH3 is 1. The molecule has 1 saturated carbocycles. The van der Waals surface area contributed by atoms with E-state index in [9.17, 15) is 23.1 Å². The molecular formula is C19H18N2O6S. The van der Waals surface area contributed by atoms with Crippen LogP contribution in [0.5, 0.6) is 5.75 Å². The maximum absolute atomic E-state index is 12.9. The molecule has 2 aromatic rings. The first-order valence-electron chi connectivity index (χ1n) is 8.67. The zero-order valence-electron chi connectivity index (χ0n) is 15.0. The van der Waals surface area contributed by atoms with E-state index in [1.165, 1.54) is 25.3 Å². The molecule has 1 fully saturated rings. The number of anilines is 2. The van der Waals surface area contributed by atoms with Gasteiger partial charge in [-0.25, -0.2) is 13.2 Å². The fraction of sp³-hybridized carbons (Fsp3) is 0.263. The highest BCUT2D eigenvalue weighted by Crippen LogP contribution is 2.52. The Balaban J connectivity index is 1.81. The van der Waals surface area contributed by atoms with E-state index in [-0.39, 0.29) is 33.5 Å². The van der Waals surface area contributed by atoms with Crippen LogP contribution in [-0.2, 0) is 20.2 Å². The van der Waals surface area contributed by atoms with Gasteiger partial charge in [0.25, 0.3) is 10.0 Å². The number of hydrogen-bond donors (Lipinski definition) is 3. The van der Waals surface area contributed by atoms with Crippen LogP contribution in [0.1, 0.15) is 35.2 Å². The van der Waals surface area contributed by atoms with E-state index in [2.05, 4.69) is 10.0 Å². The second kappa shape index (κ2) is 6.23. The topological polar surface area (TPSA) is 122 Å². The second-order valence-corrected chi connectivity index (χ2v) is 8.55. The van der Waals surface area contributed by atoms with Crippen LogP contribution in [0, 0.1) is 0 Å². The summed E-state index contributed by atoms with van der Waals surface area (Å²) in [6, 6.07) is 8.89. The molecule has 2 aliphatic rings. The van der Waals surface area contributed by atoms with Crippen molar-refractivity contribution in [1.29, 1.82) is 0 Å². The summed E-state index contributed by atoms with van der Waals surface area (Å²) in [6.07, 6.45) is 2.06. The summed E-state index contributed by atoms with van der Waals surface area (Å²) in [7, 11) is -2.66. The third kappa shape index (κ3) is 2.62. The number of aromatic carboxylic acids is 1. The van der Waals surface area contributed by atoms with Crippen LogP contribution >= 0.6 is 0 Å². The molecule has 2 aromatic carbocycles. The Morgan fingerprint density at radius 3 is 2.57 bits per heavy atom. The molecule has 9 heteroatoms. The normalized spacial score (nSPS) is 16.8. The number of carboxylic acids is 1. The minimum atomic E-state index is -4.03. The lowest BCUT2D eigenvalue weighted by Crippen LogP contribution is -2.40. The van der Waals surface area contributed by atoms with Gasteiger partial charge in [0.15, 0.2) is 0 Å². The van der Waals surface area contributed by atoms with Gasteiger partial charge in [-0.3, -0.25) is 9.52 Å². The summed E-state index contributed by atoms with van der Waals surface area (Å²) >= 11 is 0. The Bertz CT molecular complexity index is 1110. The fourth-order valence-electron chi connectivity index (χ4n) is 3.81.